The summed E-state index contributed by atoms with van der Waals surface area (Å²) in [5.41, 5.74) is 7.15. The molecule has 1 aliphatic rings. The van der Waals surface area contributed by atoms with Crippen LogP contribution < -0.4 is 10.6 Å². The van der Waals surface area contributed by atoms with Crippen LogP contribution in [-0.4, -0.2) is 45.0 Å². The lowest BCUT2D eigenvalue weighted by Crippen LogP contribution is -2.46. The van der Waals surface area contributed by atoms with Crippen molar-refractivity contribution in [2.24, 2.45) is 10.9 Å². The molecule has 0 radical (unpaired) electrons. The van der Waals surface area contributed by atoms with Crippen molar-refractivity contribution in [2.75, 3.05) is 32.6 Å². The Morgan fingerprint density at radius 1 is 1.45 bits per heavy atom. The van der Waals surface area contributed by atoms with Gasteiger partial charge in [0.15, 0.2) is 0 Å². The van der Waals surface area contributed by atoms with Crippen molar-refractivity contribution < 1.29 is 14.4 Å². The highest BCUT2D eigenvalue weighted by atomic mass is 16.7. The summed E-state index contributed by atoms with van der Waals surface area (Å²) in [6.07, 6.45) is 0.317. The van der Waals surface area contributed by atoms with E-state index >= 15 is 0 Å². The van der Waals surface area contributed by atoms with E-state index in [9.17, 15) is 4.79 Å². The molecule has 0 fully saturated rings. The molecular weight excluding hydrogens is 258 g/mol. The van der Waals surface area contributed by atoms with Crippen molar-refractivity contribution in [2.45, 2.75) is 12.0 Å². The van der Waals surface area contributed by atoms with Crippen molar-refractivity contribution in [3.8, 4) is 0 Å². The highest BCUT2D eigenvalue weighted by Crippen LogP contribution is 2.28. The number of oxime groups is 1. The standard InChI is InChI=1S/C14H19N3O3/c1-17(2)11-6-4-10(5-7-11)12-8-14(9-15,20-16-12)13(18)19-3/h4-7H,8-9,15H2,1-3H3. The summed E-state index contributed by atoms with van der Waals surface area (Å²) in [6.45, 7) is 0.0302. The maximum Gasteiger partial charge on any atom is 0.354 e. The number of esters is 1. The highest BCUT2D eigenvalue weighted by molar-refractivity contribution is 6.05. The van der Waals surface area contributed by atoms with E-state index in [1.807, 2.05) is 43.3 Å². The van der Waals surface area contributed by atoms with Gasteiger partial charge >= 0.3 is 5.97 Å². The summed E-state index contributed by atoms with van der Waals surface area (Å²) in [4.78, 5) is 19.1. The molecule has 1 heterocycles. The minimum atomic E-state index is -1.19. The Balaban J connectivity index is 2.18. The number of benzene rings is 1. The number of methoxy groups -OCH3 is 1. The van der Waals surface area contributed by atoms with E-state index in [4.69, 9.17) is 15.3 Å². The maximum atomic E-state index is 11.8. The van der Waals surface area contributed by atoms with Crippen LogP contribution in [-0.2, 0) is 14.4 Å². The Morgan fingerprint density at radius 2 is 2.10 bits per heavy atom. The molecule has 1 aromatic carbocycles. The van der Waals surface area contributed by atoms with Crippen LogP contribution in [0.3, 0.4) is 0 Å². The normalized spacial score (nSPS) is 21.1. The fourth-order valence-electron chi connectivity index (χ4n) is 2.07. The summed E-state index contributed by atoms with van der Waals surface area (Å²) in [7, 11) is 5.26. The van der Waals surface area contributed by atoms with Gasteiger partial charge in [0.1, 0.15) is 0 Å². The molecule has 0 aliphatic carbocycles. The number of hydrogen-bond acceptors (Lipinski definition) is 6. The second kappa shape index (κ2) is 5.50. The van der Waals surface area contributed by atoms with Crippen LogP contribution >= 0.6 is 0 Å². The first-order valence-corrected chi connectivity index (χ1v) is 6.34. The topological polar surface area (TPSA) is 77.2 Å². The van der Waals surface area contributed by atoms with Crippen molar-refractivity contribution in [1.29, 1.82) is 0 Å². The number of carbonyl (C=O) groups is 1. The van der Waals surface area contributed by atoms with Crippen molar-refractivity contribution in [3.05, 3.63) is 29.8 Å². The Morgan fingerprint density at radius 3 is 2.60 bits per heavy atom. The van der Waals surface area contributed by atoms with E-state index in [1.54, 1.807) is 0 Å². The summed E-state index contributed by atoms with van der Waals surface area (Å²) >= 11 is 0. The second-order valence-electron chi connectivity index (χ2n) is 4.94. The molecule has 20 heavy (non-hydrogen) atoms. The molecule has 0 saturated heterocycles. The second-order valence-corrected chi connectivity index (χ2v) is 4.94. The van der Waals surface area contributed by atoms with E-state index in [0.717, 1.165) is 11.3 Å². The first kappa shape index (κ1) is 14.3. The first-order valence-electron chi connectivity index (χ1n) is 6.34. The average Bonchev–Trinajstić information content (AvgIpc) is 2.92. The molecule has 1 atom stereocenters. The third-order valence-electron chi connectivity index (χ3n) is 3.39. The quantitative estimate of drug-likeness (QED) is 0.822. The zero-order valence-electron chi connectivity index (χ0n) is 11.9. The van der Waals surface area contributed by atoms with E-state index in [-0.39, 0.29) is 6.54 Å². The van der Waals surface area contributed by atoms with Gasteiger partial charge in [-0.05, 0) is 17.7 Å². The minimum Gasteiger partial charge on any atom is -0.466 e. The van der Waals surface area contributed by atoms with E-state index < -0.39 is 11.6 Å². The lowest BCUT2D eigenvalue weighted by atomic mass is 9.94. The highest BCUT2D eigenvalue weighted by Gasteiger charge is 2.46. The van der Waals surface area contributed by atoms with Crippen molar-refractivity contribution >= 4 is 17.4 Å². The smallest absolute Gasteiger partial charge is 0.354 e. The van der Waals surface area contributed by atoms with Crippen molar-refractivity contribution in [3.63, 3.8) is 0 Å². The van der Waals surface area contributed by atoms with Crippen LogP contribution in [0.2, 0.25) is 0 Å². The fraction of sp³-hybridized carbons (Fsp3) is 0.429. The molecule has 0 amide bonds. The molecular formula is C14H19N3O3. The number of nitrogens with zero attached hydrogens (tertiary/aromatic N) is 2. The van der Waals surface area contributed by atoms with Gasteiger partial charge < -0.3 is 20.2 Å². The van der Waals surface area contributed by atoms with Gasteiger partial charge in [0.2, 0.25) is 0 Å². The van der Waals surface area contributed by atoms with Gasteiger partial charge in [0.25, 0.3) is 5.60 Å². The monoisotopic (exact) mass is 277 g/mol. The summed E-state index contributed by atoms with van der Waals surface area (Å²) in [5, 5.41) is 4.00. The molecule has 1 aromatic rings. The predicted molar refractivity (Wildman–Crippen MR) is 76.8 cm³/mol. The predicted octanol–water partition coefficient (Wildman–Crippen LogP) is 0.748. The van der Waals surface area contributed by atoms with Gasteiger partial charge in [0, 0.05) is 32.7 Å². The zero-order valence-corrected chi connectivity index (χ0v) is 11.9. The molecule has 2 rings (SSSR count). The number of anilines is 1. The number of carbonyl (C=O) groups excluding carboxylic acids is 1. The SMILES string of the molecule is COC(=O)C1(CN)CC(c2ccc(N(C)C)cc2)=NO1. The van der Waals surface area contributed by atoms with Crippen LogP contribution in [0.4, 0.5) is 5.69 Å². The summed E-state index contributed by atoms with van der Waals surface area (Å²) < 4.78 is 4.74. The third-order valence-corrected chi connectivity index (χ3v) is 3.39. The van der Waals surface area contributed by atoms with Crippen LogP contribution in [0, 0.1) is 0 Å². The summed E-state index contributed by atoms with van der Waals surface area (Å²) in [6, 6.07) is 7.86. The first-order chi connectivity index (χ1) is 9.52. The number of ether oxygens (including phenoxy) is 1. The van der Waals surface area contributed by atoms with E-state index in [0.29, 0.717) is 12.1 Å². The van der Waals surface area contributed by atoms with Gasteiger partial charge in [-0.1, -0.05) is 17.3 Å². The van der Waals surface area contributed by atoms with Crippen LogP contribution in [0.5, 0.6) is 0 Å². The van der Waals surface area contributed by atoms with Gasteiger partial charge in [-0.15, -0.1) is 0 Å². The largest absolute Gasteiger partial charge is 0.466 e. The summed E-state index contributed by atoms with van der Waals surface area (Å²) in [5.74, 6) is -0.497. The maximum absolute atomic E-state index is 11.8. The Hall–Kier alpha value is -2.08. The molecule has 6 nitrogen and oxygen atoms in total. The van der Waals surface area contributed by atoms with Crippen LogP contribution in [0.25, 0.3) is 0 Å². The molecule has 0 saturated carbocycles. The molecule has 0 aromatic heterocycles. The van der Waals surface area contributed by atoms with Gasteiger partial charge in [-0.3, -0.25) is 0 Å². The molecule has 0 spiro atoms. The molecule has 1 aliphatic heterocycles. The van der Waals surface area contributed by atoms with Crippen LogP contribution in [0.1, 0.15) is 12.0 Å². The fourth-order valence-corrected chi connectivity index (χ4v) is 2.07. The van der Waals surface area contributed by atoms with Gasteiger partial charge in [-0.25, -0.2) is 4.79 Å². The molecule has 6 heteroatoms. The molecule has 2 N–H and O–H groups in total. The van der Waals surface area contributed by atoms with Gasteiger partial charge in [0.05, 0.1) is 12.8 Å². The molecule has 108 valence electrons. The molecule has 0 bridgehead atoms. The number of nitrogens with two attached hydrogens (primary N) is 1. The lowest BCUT2D eigenvalue weighted by molar-refractivity contribution is -0.165. The van der Waals surface area contributed by atoms with E-state index in [1.165, 1.54) is 7.11 Å². The average molecular weight is 277 g/mol. The number of hydrogen-bond donors (Lipinski definition) is 1. The van der Waals surface area contributed by atoms with E-state index in [2.05, 4.69) is 5.16 Å². The Labute approximate surface area is 118 Å². The van der Waals surface area contributed by atoms with Gasteiger partial charge in [-0.2, -0.15) is 0 Å². The Bertz CT molecular complexity index is 525. The van der Waals surface area contributed by atoms with Crippen molar-refractivity contribution in [1.82, 2.24) is 0 Å². The van der Waals surface area contributed by atoms with Crippen LogP contribution in [0.15, 0.2) is 29.4 Å². The zero-order chi connectivity index (χ0) is 14.8. The number of rotatable bonds is 4. The Kier molecular flexibility index (Phi) is 3.94. The molecule has 1 unspecified atom stereocenters. The third kappa shape index (κ3) is 2.46. The minimum absolute atomic E-state index is 0.0302. The lowest BCUT2D eigenvalue weighted by Gasteiger charge is -2.21.